The molecule has 25 heavy (non-hydrogen) atoms. The zero-order chi connectivity index (χ0) is 17.4. The largest absolute Gasteiger partial charge is 0.496 e. The van der Waals surface area contributed by atoms with Crippen LogP contribution >= 0.6 is 24.0 Å². The third-order valence-corrected chi connectivity index (χ3v) is 3.76. The Kier molecular flexibility index (Phi) is 9.26. The number of guanidine groups is 1. The molecule has 2 aromatic carbocycles. The second-order valence-electron chi connectivity index (χ2n) is 5.51. The molecule has 0 unspecified atom stereocenters. The molecule has 0 radical (unpaired) electrons. The number of methoxy groups -OCH3 is 1. The van der Waals surface area contributed by atoms with Gasteiger partial charge in [0.05, 0.1) is 7.11 Å². The Morgan fingerprint density at radius 2 is 1.88 bits per heavy atom. The van der Waals surface area contributed by atoms with Crippen molar-refractivity contribution in [1.82, 2.24) is 10.6 Å². The van der Waals surface area contributed by atoms with Crippen molar-refractivity contribution in [1.29, 1.82) is 0 Å². The first-order chi connectivity index (χ1) is 11.6. The highest BCUT2D eigenvalue weighted by Gasteiger charge is 2.05. The molecule has 2 N–H and O–H groups in total. The molecule has 0 spiro atoms. The van der Waals surface area contributed by atoms with E-state index in [4.69, 9.17) is 4.74 Å². The van der Waals surface area contributed by atoms with E-state index in [1.165, 1.54) is 6.07 Å². The highest BCUT2D eigenvalue weighted by Crippen LogP contribution is 2.19. The zero-order valence-electron chi connectivity index (χ0n) is 14.8. The topological polar surface area (TPSA) is 45.7 Å². The quantitative estimate of drug-likeness (QED) is 0.396. The Hall–Kier alpha value is -1.83. The van der Waals surface area contributed by atoms with Crippen molar-refractivity contribution in [3.63, 3.8) is 0 Å². The van der Waals surface area contributed by atoms with E-state index in [0.29, 0.717) is 31.0 Å². The maximum atomic E-state index is 13.6. The molecule has 2 aromatic rings. The Bertz CT molecular complexity index is 707. The van der Waals surface area contributed by atoms with Gasteiger partial charge in [-0.05, 0) is 36.6 Å². The molecule has 4 nitrogen and oxygen atoms in total. The lowest BCUT2D eigenvalue weighted by Crippen LogP contribution is -2.38. The maximum absolute atomic E-state index is 13.6. The fourth-order valence-corrected chi connectivity index (χ4v) is 2.41. The number of aryl methyl sites for hydroxylation is 1. The first-order valence-corrected chi connectivity index (χ1v) is 7.95. The van der Waals surface area contributed by atoms with Crippen LogP contribution in [0.4, 0.5) is 4.39 Å². The monoisotopic (exact) mass is 457 g/mol. The van der Waals surface area contributed by atoms with Gasteiger partial charge in [0.1, 0.15) is 11.6 Å². The predicted molar refractivity (Wildman–Crippen MR) is 111 cm³/mol. The number of aliphatic imine (C=N–C) groups is 1. The Balaban J connectivity index is 0.00000312. The van der Waals surface area contributed by atoms with Crippen molar-refractivity contribution in [2.24, 2.45) is 4.99 Å². The van der Waals surface area contributed by atoms with Crippen LogP contribution in [-0.2, 0) is 13.0 Å². The van der Waals surface area contributed by atoms with Crippen LogP contribution in [0.25, 0.3) is 0 Å². The summed E-state index contributed by atoms with van der Waals surface area (Å²) in [7, 11) is 3.38. The summed E-state index contributed by atoms with van der Waals surface area (Å²) in [5.74, 6) is 1.35. The number of halogens is 2. The molecular formula is C19H25FIN3O. The van der Waals surface area contributed by atoms with Crippen LogP contribution in [0.5, 0.6) is 5.75 Å². The number of nitrogens with zero attached hydrogens (tertiary/aromatic N) is 1. The van der Waals surface area contributed by atoms with Crippen molar-refractivity contribution in [3.8, 4) is 5.75 Å². The molecule has 0 saturated heterocycles. The third-order valence-electron chi connectivity index (χ3n) is 3.76. The van der Waals surface area contributed by atoms with Crippen LogP contribution in [-0.4, -0.2) is 26.7 Å². The molecule has 0 bridgehead atoms. The van der Waals surface area contributed by atoms with Gasteiger partial charge in [-0.3, -0.25) is 4.99 Å². The molecule has 0 atom stereocenters. The predicted octanol–water partition coefficient (Wildman–Crippen LogP) is 3.67. The van der Waals surface area contributed by atoms with Gasteiger partial charge in [0.15, 0.2) is 5.96 Å². The summed E-state index contributed by atoms with van der Waals surface area (Å²) >= 11 is 0. The number of hydrogen-bond donors (Lipinski definition) is 2. The molecular weight excluding hydrogens is 432 g/mol. The van der Waals surface area contributed by atoms with E-state index in [-0.39, 0.29) is 29.8 Å². The highest BCUT2D eigenvalue weighted by atomic mass is 127. The molecule has 0 aliphatic heterocycles. The fourth-order valence-electron chi connectivity index (χ4n) is 2.41. The number of hydrogen-bond acceptors (Lipinski definition) is 2. The smallest absolute Gasteiger partial charge is 0.191 e. The van der Waals surface area contributed by atoms with Crippen LogP contribution in [0.1, 0.15) is 16.7 Å². The molecule has 136 valence electrons. The first kappa shape index (κ1) is 21.2. The highest BCUT2D eigenvalue weighted by molar-refractivity contribution is 14.0. The molecule has 0 aliphatic carbocycles. The third kappa shape index (κ3) is 6.53. The van der Waals surface area contributed by atoms with Crippen LogP contribution in [0.3, 0.4) is 0 Å². The summed E-state index contributed by atoms with van der Waals surface area (Å²) in [5.41, 5.74) is 2.91. The molecule has 6 heteroatoms. The van der Waals surface area contributed by atoms with E-state index in [9.17, 15) is 4.39 Å². The number of rotatable bonds is 6. The van der Waals surface area contributed by atoms with Crippen molar-refractivity contribution in [3.05, 3.63) is 65.0 Å². The van der Waals surface area contributed by atoms with Gasteiger partial charge >= 0.3 is 0 Å². The van der Waals surface area contributed by atoms with Crippen LogP contribution in [0, 0.1) is 12.7 Å². The minimum absolute atomic E-state index is 0. The molecule has 2 rings (SSSR count). The Morgan fingerprint density at radius 1 is 1.12 bits per heavy atom. The Labute approximate surface area is 165 Å². The lowest BCUT2D eigenvalue weighted by molar-refractivity contribution is 0.408. The van der Waals surface area contributed by atoms with Gasteiger partial charge in [0, 0.05) is 25.7 Å². The summed E-state index contributed by atoms with van der Waals surface area (Å²) in [6, 6.07) is 12.9. The summed E-state index contributed by atoms with van der Waals surface area (Å²) in [6.07, 6.45) is 0.598. The molecule has 0 heterocycles. The molecule has 0 aromatic heterocycles. The van der Waals surface area contributed by atoms with Crippen molar-refractivity contribution < 1.29 is 9.13 Å². The average Bonchev–Trinajstić information content (AvgIpc) is 2.60. The molecule has 0 fully saturated rings. The molecule has 0 aliphatic rings. The summed E-state index contributed by atoms with van der Waals surface area (Å²) in [4.78, 5) is 4.19. The fraction of sp³-hybridized carbons (Fsp3) is 0.316. The maximum Gasteiger partial charge on any atom is 0.191 e. The minimum atomic E-state index is -0.174. The van der Waals surface area contributed by atoms with Crippen LogP contribution < -0.4 is 15.4 Å². The standard InChI is InChI=1S/C19H24FN3O.HI/c1-14-8-9-16(18(12-14)24-3)13-23-19(21-2)22-11-10-15-6-4-5-7-17(15)20;/h4-9,12H,10-11,13H2,1-3H3,(H2,21,22,23);1H. The lowest BCUT2D eigenvalue weighted by Gasteiger charge is -2.14. The lowest BCUT2D eigenvalue weighted by atomic mass is 10.1. The second-order valence-corrected chi connectivity index (χ2v) is 5.51. The minimum Gasteiger partial charge on any atom is -0.496 e. The average molecular weight is 457 g/mol. The summed E-state index contributed by atoms with van der Waals surface area (Å²) in [6.45, 7) is 3.23. The van der Waals surface area contributed by atoms with Crippen molar-refractivity contribution >= 4 is 29.9 Å². The Morgan fingerprint density at radius 3 is 2.56 bits per heavy atom. The van der Waals surface area contributed by atoms with E-state index in [1.807, 2.05) is 31.2 Å². The van der Waals surface area contributed by atoms with Gasteiger partial charge in [-0.1, -0.05) is 30.3 Å². The summed E-state index contributed by atoms with van der Waals surface area (Å²) < 4.78 is 19.0. The van der Waals surface area contributed by atoms with Crippen LogP contribution in [0.15, 0.2) is 47.5 Å². The van der Waals surface area contributed by atoms with E-state index >= 15 is 0 Å². The van der Waals surface area contributed by atoms with Crippen molar-refractivity contribution in [2.75, 3.05) is 20.7 Å². The molecule has 0 saturated carbocycles. The number of ether oxygens (including phenoxy) is 1. The SMILES string of the molecule is CN=C(NCCc1ccccc1F)NCc1ccc(C)cc1OC.I. The zero-order valence-corrected chi connectivity index (χ0v) is 17.1. The van der Waals surface area contributed by atoms with Crippen LogP contribution in [0.2, 0.25) is 0 Å². The summed E-state index contributed by atoms with van der Waals surface area (Å²) in [5, 5.41) is 6.44. The number of benzene rings is 2. The van der Waals surface area contributed by atoms with E-state index in [2.05, 4.69) is 15.6 Å². The second kappa shape index (κ2) is 10.9. The molecule has 0 amide bonds. The van der Waals surface area contributed by atoms with Gasteiger partial charge in [0.2, 0.25) is 0 Å². The van der Waals surface area contributed by atoms with E-state index in [0.717, 1.165) is 16.9 Å². The van der Waals surface area contributed by atoms with Gasteiger partial charge in [-0.25, -0.2) is 4.39 Å². The van der Waals surface area contributed by atoms with Gasteiger partial charge in [-0.15, -0.1) is 24.0 Å². The van der Waals surface area contributed by atoms with Gasteiger partial charge in [0.25, 0.3) is 0 Å². The van der Waals surface area contributed by atoms with E-state index < -0.39 is 0 Å². The van der Waals surface area contributed by atoms with E-state index in [1.54, 1.807) is 26.3 Å². The van der Waals surface area contributed by atoms with Gasteiger partial charge in [-0.2, -0.15) is 0 Å². The van der Waals surface area contributed by atoms with Crippen molar-refractivity contribution in [2.45, 2.75) is 19.9 Å². The van der Waals surface area contributed by atoms with Gasteiger partial charge < -0.3 is 15.4 Å². The first-order valence-electron chi connectivity index (χ1n) is 7.95. The normalized spacial score (nSPS) is 10.8. The number of nitrogens with one attached hydrogen (secondary N) is 2.